The molecule has 0 saturated heterocycles. The van der Waals surface area contributed by atoms with Crippen molar-refractivity contribution >= 4 is 26.0 Å². The van der Waals surface area contributed by atoms with Crippen LogP contribution in [0.2, 0.25) is 0 Å². The molecule has 3 rings (SSSR count). The SMILES string of the molecule is NS(=O)(=O)c1c(F)cc(-c2c(-c3cccc(Br)c3)noc2CF)cc1F. The molecular formula is C16H10BrF3N2O3S. The fourth-order valence-electron chi connectivity index (χ4n) is 2.52. The molecule has 136 valence electrons. The number of primary sulfonamides is 1. The number of aromatic nitrogens is 1. The molecule has 1 aromatic heterocycles. The Kier molecular flexibility index (Phi) is 4.91. The van der Waals surface area contributed by atoms with Crippen LogP contribution in [0.4, 0.5) is 13.2 Å². The summed E-state index contributed by atoms with van der Waals surface area (Å²) in [6.07, 6.45) is 0. The van der Waals surface area contributed by atoms with Gasteiger partial charge in [-0.1, -0.05) is 33.2 Å². The minimum Gasteiger partial charge on any atom is -0.357 e. The molecule has 0 aliphatic rings. The van der Waals surface area contributed by atoms with Crippen LogP contribution in [0.25, 0.3) is 22.4 Å². The Morgan fingerprint density at radius 3 is 2.31 bits per heavy atom. The van der Waals surface area contributed by atoms with Crippen molar-refractivity contribution in [1.29, 1.82) is 0 Å². The number of hydrogen-bond acceptors (Lipinski definition) is 4. The summed E-state index contributed by atoms with van der Waals surface area (Å²) in [6, 6.07) is 8.25. The van der Waals surface area contributed by atoms with Gasteiger partial charge in [-0.2, -0.15) is 0 Å². The molecule has 5 nitrogen and oxygen atoms in total. The number of rotatable bonds is 4. The van der Waals surface area contributed by atoms with Crippen molar-refractivity contribution in [2.75, 3.05) is 0 Å². The van der Waals surface area contributed by atoms with Gasteiger partial charge in [0.2, 0.25) is 10.0 Å². The van der Waals surface area contributed by atoms with Crippen LogP contribution in [-0.2, 0) is 16.7 Å². The molecule has 0 spiro atoms. The maximum absolute atomic E-state index is 14.2. The van der Waals surface area contributed by atoms with Gasteiger partial charge in [0, 0.05) is 10.0 Å². The van der Waals surface area contributed by atoms with Crippen molar-refractivity contribution in [3.05, 3.63) is 58.3 Å². The van der Waals surface area contributed by atoms with Gasteiger partial charge in [0.25, 0.3) is 0 Å². The maximum atomic E-state index is 14.2. The molecular weight excluding hydrogens is 437 g/mol. The average Bonchev–Trinajstić information content (AvgIpc) is 2.96. The summed E-state index contributed by atoms with van der Waals surface area (Å²) in [5.74, 6) is -3.04. The van der Waals surface area contributed by atoms with E-state index in [1.165, 1.54) is 0 Å². The van der Waals surface area contributed by atoms with Gasteiger partial charge < -0.3 is 4.52 Å². The molecule has 3 aromatic rings. The third-order valence-electron chi connectivity index (χ3n) is 3.55. The van der Waals surface area contributed by atoms with Gasteiger partial charge in [0.1, 0.15) is 17.3 Å². The highest BCUT2D eigenvalue weighted by atomic mass is 79.9. The van der Waals surface area contributed by atoms with Gasteiger partial charge in [-0.15, -0.1) is 0 Å². The van der Waals surface area contributed by atoms with Crippen molar-refractivity contribution in [2.45, 2.75) is 11.6 Å². The summed E-state index contributed by atoms with van der Waals surface area (Å²) in [5.41, 5.74) is 0.552. The number of nitrogens with zero attached hydrogens (tertiary/aromatic N) is 1. The second-order valence-electron chi connectivity index (χ2n) is 5.29. The van der Waals surface area contributed by atoms with Crippen LogP contribution < -0.4 is 5.14 Å². The zero-order valence-electron chi connectivity index (χ0n) is 12.8. The van der Waals surface area contributed by atoms with E-state index in [-0.39, 0.29) is 22.6 Å². The van der Waals surface area contributed by atoms with Crippen LogP contribution in [-0.4, -0.2) is 13.6 Å². The number of halogens is 4. The molecule has 1 heterocycles. The molecule has 0 bridgehead atoms. The molecule has 0 unspecified atom stereocenters. The summed E-state index contributed by atoms with van der Waals surface area (Å²) in [7, 11) is -4.60. The number of benzene rings is 2. The fourth-order valence-corrected chi connectivity index (χ4v) is 3.58. The predicted molar refractivity (Wildman–Crippen MR) is 91.2 cm³/mol. The smallest absolute Gasteiger partial charge is 0.243 e. The van der Waals surface area contributed by atoms with E-state index in [9.17, 15) is 21.6 Å². The predicted octanol–water partition coefficient (Wildman–Crippen LogP) is 4.17. The molecule has 10 heteroatoms. The lowest BCUT2D eigenvalue weighted by molar-refractivity contribution is 0.332. The summed E-state index contributed by atoms with van der Waals surface area (Å²) in [6.45, 7) is -1.07. The highest BCUT2D eigenvalue weighted by Gasteiger charge is 2.25. The molecule has 2 aromatic carbocycles. The Balaban J connectivity index is 2.26. The molecule has 2 N–H and O–H groups in total. The quantitative estimate of drug-likeness (QED) is 0.651. The molecule has 0 atom stereocenters. The van der Waals surface area contributed by atoms with E-state index in [2.05, 4.69) is 21.1 Å². The first-order valence-electron chi connectivity index (χ1n) is 7.05. The van der Waals surface area contributed by atoms with Crippen LogP contribution in [0, 0.1) is 11.6 Å². The van der Waals surface area contributed by atoms with Crippen LogP contribution >= 0.6 is 15.9 Å². The Morgan fingerprint density at radius 1 is 1.12 bits per heavy atom. The van der Waals surface area contributed by atoms with Crippen molar-refractivity contribution in [3.8, 4) is 22.4 Å². The molecule has 0 fully saturated rings. The molecule has 0 radical (unpaired) electrons. The van der Waals surface area contributed by atoms with Gasteiger partial charge in [0.15, 0.2) is 17.3 Å². The van der Waals surface area contributed by atoms with Crippen LogP contribution in [0.1, 0.15) is 5.76 Å². The summed E-state index contributed by atoms with van der Waals surface area (Å²) < 4.78 is 70.0. The number of alkyl halides is 1. The van der Waals surface area contributed by atoms with Crippen molar-refractivity contribution in [3.63, 3.8) is 0 Å². The van der Waals surface area contributed by atoms with E-state index in [0.717, 1.165) is 12.1 Å². The first-order chi connectivity index (χ1) is 12.2. The van der Waals surface area contributed by atoms with Crippen molar-refractivity contribution < 1.29 is 26.1 Å². The second kappa shape index (κ2) is 6.86. The fraction of sp³-hybridized carbons (Fsp3) is 0.0625. The lowest BCUT2D eigenvalue weighted by atomic mass is 9.99. The van der Waals surface area contributed by atoms with E-state index in [0.29, 0.717) is 10.0 Å². The Morgan fingerprint density at radius 2 is 1.77 bits per heavy atom. The summed E-state index contributed by atoms with van der Waals surface area (Å²) >= 11 is 3.29. The van der Waals surface area contributed by atoms with Gasteiger partial charge in [-0.05, 0) is 29.8 Å². The Labute approximate surface area is 154 Å². The lowest BCUT2D eigenvalue weighted by Gasteiger charge is -2.08. The maximum Gasteiger partial charge on any atom is 0.243 e. The monoisotopic (exact) mass is 446 g/mol. The largest absolute Gasteiger partial charge is 0.357 e. The number of sulfonamides is 1. The minimum absolute atomic E-state index is 0.0179. The second-order valence-corrected chi connectivity index (χ2v) is 7.70. The zero-order chi connectivity index (χ0) is 19.1. The third kappa shape index (κ3) is 3.39. The van der Waals surface area contributed by atoms with E-state index < -0.39 is 33.2 Å². The van der Waals surface area contributed by atoms with E-state index >= 15 is 0 Å². The molecule has 26 heavy (non-hydrogen) atoms. The minimum atomic E-state index is -4.60. The van der Waals surface area contributed by atoms with Gasteiger partial charge in [-0.25, -0.2) is 26.7 Å². The highest BCUT2D eigenvalue weighted by Crippen LogP contribution is 2.37. The average molecular weight is 447 g/mol. The first-order valence-corrected chi connectivity index (χ1v) is 9.39. The molecule has 0 aliphatic heterocycles. The lowest BCUT2D eigenvalue weighted by Crippen LogP contribution is -2.16. The first kappa shape index (κ1) is 18.6. The summed E-state index contributed by atoms with van der Waals surface area (Å²) in [5, 5.41) is 8.60. The normalized spacial score (nSPS) is 11.7. The van der Waals surface area contributed by atoms with E-state index in [1.54, 1.807) is 24.3 Å². The van der Waals surface area contributed by atoms with Gasteiger partial charge in [-0.3, -0.25) is 0 Å². The van der Waals surface area contributed by atoms with Crippen molar-refractivity contribution in [2.24, 2.45) is 5.14 Å². The molecule has 0 amide bonds. The molecule has 0 aliphatic carbocycles. The van der Waals surface area contributed by atoms with E-state index in [1.807, 2.05) is 0 Å². The number of hydrogen-bond donors (Lipinski definition) is 1. The van der Waals surface area contributed by atoms with Crippen LogP contribution in [0.3, 0.4) is 0 Å². The Bertz CT molecular complexity index is 1080. The van der Waals surface area contributed by atoms with Gasteiger partial charge in [0.05, 0.1) is 5.56 Å². The van der Waals surface area contributed by atoms with Crippen LogP contribution in [0.15, 0.2) is 50.3 Å². The van der Waals surface area contributed by atoms with E-state index in [4.69, 9.17) is 9.66 Å². The Hall–Kier alpha value is -2.17. The standard InChI is InChI=1S/C16H10BrF3N2O3S/c17-10-3-1-2-8(4-10)15-14(13(7-18)25-22-15)9-5-11(19)16(12(20)6-9)26(21,23)24/h1-6H,7H2,(H2,21,23,24). The number of nitrogens with two attached hydrogens (primary N) is 1. The third-order valence-corrected chi connectivity index (χ3v) is 5.01. The molecule has 0 saturated carbocycles. The topological polar surface area (TPSA) is 86.2 Å². The summed E-state index contributed by atoms with van der Waals surface area (Å²) in [4.78, 5) is -1.26. The van der Waals surface area contributed by atoms with Gasteiger partial charge >= 0.3 is 0 Å². The zero-order valence-corrected chi connectivity index (χ0v) is 15.2. The highest BCUT2D eigenvalue weighted by molar-refractivity contribution is 9.10. The van der Waals surface area contributed by atoms with Crippen LogP contribution in [0.5, 0.6) is 0 Å². The van der Waals surface area contributed by atoms with Crippen molar-refractivity contribution in [1.82, 2.24) is 5.16 Å².